The molecule has 0 saturated carbocycles. The highest BCUT2D eigenvalue weighted by Crippen LogP contribution is 2.41. The van der Waals surface area contributed by atoms with Crippen molar-refractivity contribution >= 4 is 5.97 Å². The van der Waals surface area contributed by atoms with Gasteiger partial charge in [-0.3, -0.25) is 0 Å². The zero-order valence-corrected chi connectivity index (χ0v) is 14.4. The highest BCUT2D eigenvalue weighted by Gasteiger charge is 2.30. The lowest BCUT2D eigenvalue weighted by Crippen LogP contribution is -2.23. The number of carbonyl (C=O) groups is 1. The van der Waals surface area contributed by atoms with Crippen molar-refractivity contribution in [1.82, 2.24) is 0 Å². The first kappa shape index (κ1) is 18.2. The zero-order valence-electron chi connectivity index (χ0n) is 14.4. The van der Waals surface area contributed by atoms with Gasteiger partial charge in [0.2, 0.25) is 0 Å². The summed E-state index contributed by atoms with van der Waals surface area (Å²) in [7, 11) is 0. The predicted molar refractivity (Wildman–Crippen MR) is 93.8 cm³/mol. The molecular formula is C20H28O2. The third-order valence-corrected chi connectivity index (χ3v) is 4.23. The summed E-state index contributed by atoms with van der Waals surface area (Å²) in [6.45, 7) is 10.4. The van der Waals surface area contributed by atoms with Crippen molar-refractivity contribution in [2.24, 2.45) is 5.41 Å². The number of rotatable bonds is 5. The molecule has 2 heteroatoms. The lowest BCUT2D eigenvalue weighted by molar-refractivity contribution is -0.133. The number of carboxylic acids is 1. The standard InChI is InChI=1S/C20H28O2/c1-6-15(2)9-7-10-16(3)12-13-18-17(19(21)22)11-8-14-20(18,4)5/h6-7,9-10,12-13H,8,11,14H2,1-5H3,(H,21,22)/b9-7?,13-12?,15-6-,16-10?. The Morgan fingerprint density at radius 3 is 2.45 bits per heavy atom. The van der Waals surface area contributed by atoms with Crippen LogP contribution in [0, 0.1) is 5.41 Å². The molecule has 2 nitrogen and oxygen atoms in total. The van der Waals surface area contributed by atoms with Crippen LogP contribution in [0.2, 0.25) is 0 Å². The lowest BCUT2D eigenvalue weighted by Gasteiger charge is -2.32. The quantitative estimate of drug-likeness (QED) is 0.671. The fraction of sp³-hybridized carbons (Fsp3) is 0.450. The van der Waals surface area contributed by atoms with Crippen molar-refractivity contribution in [2.45, 2.75) is 53.9 Å². The molecule has 0 atom stereocenters. The molecule has 120 valence electrons. The summed E-state index contributed by atoms with van der Waals surface area (Å²) in [5.41, 5.74) is 3.80. The minimum Gasteiger partial charge on any atom is -0.478 e. The van der Waals surface area contributed by atoms with E-state index in [1.807, 2.05) is 38.2 Å². The van der Waals surface area contributed by atoms with E-state index in [0.29, 0.717) is 12.0 Å². The van der Waals surface area contributed by atoms with Gasteiger partial charge in [0.1, 0.15) is 0 Å². The normalized spacial score (nSPS) is 20.2. The molecule has 1 rings (SSSR count). The van der Waals surface area contributed by atoms with Gasteiger partial charge in [-0.25, -0.2) is 4.79 Å². The van der Waals surface area contributed by atoms with Crippen LogP contribution in [0.15, 0.2) is 58.7 Å². The van der Waals surface area contributed by atoms with Crippen molar-refractivity contribution in [1.29, 1.82) is 0 Å². The van der Waals surface area contributed by atoms with Gasteiger partial charge in [0.15, 0.2) is 0 Å². The number of carboxylic acid groups (broad SMARTS) is 1. The molecule has 0 bridgehead atoms. The van der Waals surface area contributed by atoms with E-state index >= 15 is 0 Å². The first-order valence-corrected chi connectivity index (χ1v) is 7.91. The predicted octanol–water partition coefficient (Wildman–Crippen LogP) is 5.60. The molecule has 0 fully saturated rings. The molecule has 0 saturated heterocycles. The summed E-state index contributed by atoms with van der Waals surface area (Å²) in [5, 5.41) is 9.41. The molecule has 0 spiro atoms. The molecule has 0 heterocycles. The van der Waals surface area contributed by atoms with Crippen LogP contribution in [0.5, 0.6) is 0 Å². The molecule has 1 aliphatic rings. The van der Waals surface area contributed by atoms with E-state index in [2.05, 4.69) is 32.9 Å². The van der Waals surface area contributed by atoms with E-state index in [1.165, 1.54) is 5.57 Å². The lowest BCUT2D eigenvalue weighted by atomic mass is 9.72. The Balaban J connectivity index is 3.00. The molecule has 0 aliphatic heterocycles. The van der Waals surface area contributed by atoms with E-state index in [4.69, 9.17) is 0 Å². The third-order valence-electron chi connectivity index (χ3n) is 4.23. The van der Waals surface area contributed by atoms with Crippen LogP contribution in [0.4, 0.5) is 0 Å². The molecule has 0 aromatic rings. The average molecular weight is 300 g/mol. The van der Waals surface area contributed by atoms with Crippen molar-refractivity contribution < 1.29 is 9.90 Å². The Labute approximate surface area is 134 Å². The molecule has 0 unspecified atom stereocenters. The van der Waals surface area contributed by atoms with Gasteiger partial charge in [-0.15, -0.1) is 0 Å². The summed E-state index contributed by atoms with van der Waals surface area (Å²) in [6, 6.07) is 0. The van der Waals surface area contributed by atoms with Crippen LogP contribution in [0.1, 0.15) is 53.9 Å². The fourth-order valence-corrected chi connectivity index (χ4v) is 2.65. The SMILES string of the molecule is C/C=C(/C)C=CC=C(C)C=CC1=C(C(=O)O)CCCC1(C)C. The van der Waals surface area contributed by atoms with Gasteiger partial charge in [-0.05, 0) is 51.0 Å². The third kappa shape index (κ3) is 5.18. The minimum atomic E-state index is -0.780. The fourth-order valence-electron chi connectivity index (χ4n) is 2.65. The number of hydrogen-bond acceptors (Lipinski definition) is 1. The summed E-state index contributed by atoms with van der Waals surface area (Å²) in [6.07, 6.45) is 14.8. The second-order valence-electron chi connectivity index (χ2n) is 6.57. The Morgan fingerprint density at radius 1 is 1.18 bits per heavy atom. The van der Waals surface area contributed by atoms with E-state index in [0.717, 1.165) is 24.0 Å². The summed E-state index contributed by atoms with van der Waals surface area (Å²) >= 11 is 0. The van der Waals surface area contributed by atoms with Gasteiger partial charge in [0.05, 0.1) is 0 Å². The van der Waals surface area contributed by atoms with Gasteiger partial charge >= 0.3 is 5.97 Å². The molecule has 0 amide bonds. The summed E-state index contributed by atoms with van der Waals surface area (Å²) in [4.78, 5) is 11.5. The Hall–Kier alpha value is -1.83. The first-order valence-electron chi connectivity index (χ1n) is 7.91. The molecule has 0 aromatic heterocycles. The first-order chi connectivity index (χ1) is 10.3. The largest absolute Gasteiger partial charge is 0.478 e. The number of hydrogen-bond donors (Lipinski definition) is 1. The minimum absolute atomic E-state index is 0.0693. The summed E-state index contributed by atoms with van der Waals surface area (Å²) in [5.74, 6) is -0.780. The van der Waals surface area contributed by atoms with Crippen LogP contribution in [0.25, 0.3) is 0 Å². The van der Waals surface area contributed by atoms with Crippen molar-refractivity contribution in [2.75, 3.05) is 0 Å². The van der Waals surface area contributed by atoms with Crippen LogP contribution >= 0.6 is 0 Å². The average Bonchev–Trinajstić information content (AvgIpc) is 2.44. The van der Waals surface area contributed by atoms with Crippen molar-refractivity contribution in [3.63, 3.8) is 0 Å². The monoisotopic (exact) mass is 300 g/mol. The maximum atomic E-state index is 11.5. The second kappa shape index (κ2) is 7.98. The Bertz CT molecular complexity index is 567. The van der Waals surface area contributed by atoms with Gasteiger partial charge < -0.3 is 5.11 Å². The molecule has 1 aliphatic carbocycles. The van der Waals surface area contributed by atoms with Crippen LogP contribution in [-0.2, 0) is 4.79 Å². The van der Waals surface area contributed by atoms with Crippen LogP contribution in [-0.4, -0.2) is 11.1 Å². The van der Waals surface area contributed by atoms with Crippen LogP contribution < -0.4 is 0 Å². The second-order valence-corrected chi connectivity index (χ2v) is 6.57. The molecule has 0 radical (unpaired) electrons. The molecular weight excluding hydrogens is 272 g/mol. The van der Waals surface area contributed by atoms with Crippen molar-refractivity contribution in [3.8, 4) is 0 Å². The zero-order chi connectivity index (χ0) is 16.8. The van der Waals surface area contributed by atoms with Gasteiger partial charge in [0, 0.05) is 5.57 Å². The Kier molecular flexibility index (Phi) is 6.61. The Morgan fingerprint density at radius 2 is 1.86 bits per heavy atom. The van der Waals surface area contributed by atoms with Gasteiger partial charge in [-0.1, -0.05) is 61.4 Å². The maximum absolute atomic E-state index is 11.5. The van der Waals surface area contributed by atoms with E-state index in [-0.39, 0.29) is 5.41 Å². The molecule has 1 N–H and O–H groups in total. The van der Waals surface area contributed by atoms with Crippen LogP contribution in [0.3, 0.4) is 0 Å². The molecule has 0 aromatic carbocycles. The van der Waals surface area contributed by atoms with E-state index in [9.17, 15) is 9.90 Å². The van der Waals surface area contributed by atoms with Crippen molar-refractivity contribution in [3.05, 3.63) is 58.7 Å². The number of allylic oxidation sites excluding steroid dienone is 9. The smallest absolute Gasteiger partial charge is 0.331 e. The van der Waals surface area contributed by atoms with E-state index < -0.39 is 5.97 Å². The van der Waals surface area contributed by atoms with E-state index in [1.54, 1.807) is 0 Å². The highest BCUT2D eigenvalue weighted by molar-refractivity contribution is 5.88. The topological polar surface area (TPSA) is 37.3 Å². The molecule has 22 heavy (non-hydrogen) atoms. The van der Waals surface area contributed by atoms with Gasteiger partial charge in [0.25, 0.3) is 0 Å². The number of aliphatic carboxylic acids is 1. The van der Waals surface area contributed by atoms with Gasteiger partial charge in [-0.2, -0.15) is 0 Å². The summed E-state index contributed by atoms with van der Waals surface area (Å²) < 4.78 is 0. The highest BCUT2D eigenvalue weighted by atomic mass is 16.4. The maximum Gasteiger partial charge on any atom is 0.331 e.